The van der Waals surface area contributed by atoms with Crippen molar-refractivity contribution in [2.24, 2.45) is 0 Å². The summed E-state index contributed by atoms with van der Waals surface area (Å²) < 4.78 is 5.10. The smallest absolute Gasteiger partial charge is 0.137 e. The Morgan fingerprint density at radius 1 is 1.43 bits per heavy atom. The van der Waals surface area contributed by atoms with Gasteiger partial charge in [0, 0.05) is 11.1 Å². The van der Waals surface area contributed by atoms with Crippen LogP contribution in [0.5, 0.6) is 5.75 Å². The number of rotatable bonds is 2. The molecular weight excluding hydrogens is 176 g/mol. The van der Waals surface area contributed by atoms with E-state index in [4.69, 9.17) is 4.74 Å². The van der Waals surface area contributed by atoms with Crippen molar-refractivity contribution < 1.29 is 4.74 Å². The molecule has 0 aromatic carbocycles. The van der Waals surface area contributed by atoms with Crippen molar-refractivity contribution in [3.63, 3.8) is 0 Å². The van der Waals surface area contributed by atoms with E-state index in [-0.39, 0.29) is 0 Å². The summed E-state index contributed by atoms with van der Waals surface area (Å²) in [6, 6.07) is 4.01. The summed E-state index contributed by atoms with van der Waals surface area (Å²) in [4.78, 5) is 7.43. The van der Waals surface area contributed by atoms with Gasteiger partial charge in [-0.25, -0.2) is 4.98 Å². The molecular formula is C11H12N2O. The van der Waals surface area contributed by atoms with Crippen LogP contribution < -0.4 is 4.74 Å². The Morgan fingerprint density at radius 2 is 2.29 bits per heavy atom. The molecule has 3 nitrogen and oxygen atoms in total. The predicted molar refractivity (Wildman–Crippen MR) is 57.4 cm³/mol. The van der Waals surface area contributed by atoms with Crippen LogP contribution in [-0.4, -0.2) is 17.1 Å². The van der Waals surface area contributed by atoms with Crippen molar-refractivity contribution in [3.05, 3.63) is 30.1 Å². The molecule has 0 spiro atoms. The second-order valence-electron chi connectivity index (χ2n) is 3.04. The first-order valence-electron chi connectivity index (χ1n) is 4.49. The normalized spacial score (nSPS) is 11.3. The summed E-state index contributed by atoms with van der Waals surface area (Å²) in [5, 5.41) is 1.07. The van der Waals surface area contributed by atoms with Crippen molar-refractivity contribution in [1.29, 1.82) is 0 Å². The summed E-state index contributed by atoms with van der Waals surface area (Å²) in [5.74, 6) is 0.781. The van der Waals surface area contributed by atoms with Crippen molar-refractivity contribution in [2.45, 2.75) is 6.92 Å². The molecule has 0 fully saturated rings. The number of fused-ring (bicyclic) bond motifs is 1. The molecule has 2 aromatic rings. The molecule has 0 aliphatic carbocycles. The van der Waals surface area contributed by atoms with E-state index in [0.29, 0.717) is 0 Å². The summed E-state index contributed by atoms with van der Waals surface area (Å²) in [6.45, 7) is 1.99. The van der Waals surface area contributed by atoms with Crippen LogP contribution in [0.15, 0.2) is 24.4 Å². The first-order valence-corrected chi connectivity index (χ1v) is 4.49. The van der Waals surface area contributed by atoms with E-state index in [0.717, 1.165) is 22.5 Å². The molecule has 3 heteroatoms. The van der Waals surface area contributed by atoms with Gasteiger partial charge in [0.25, 0.3) is 0 Å². The van der Waals surface area contributed by atoms with Crippen LogP contribution in [0.4, 0.5) is 0 Å². The van der Waals surface area contributed by atoms with Gasteiger partial charge in [-0.05, 0) is 25.1 Å². The van der Waals surface area contributed by atoms with Crippen molar-refractivity contribution in [3.8, 4) is 5.75 Å². The fraction of sp³-hybridized carbons (Fsp3) is 0.182. The number of H-pyrrole nitrogens is 1. The third kappa shape index (κ3) is 1.48. The lowest BCUT2D eigenvalue weighted by Gasteiger charge is -1.96. The minimum atomic E-state index is 0.781. The van der Waals surface area contributed by atoms with Gasteiger partial charge in [0.05, 0.1) is 13.3 Å². The zero-order valence-corrected chi connectivity index (χ0v) is 8.24. The lowest BCUT2D eigenvalue weighted by Crippen LogP contribution is -1.83. The highest BCUT2D eigenvalue weighted by molar-refractivity contribution is 5.80. The highest BCUT2D eigenvalue weighted by atomic mass is 16.5. The van der Waals surface area contributed by atoms with Crippen molar-refractivity contribution >= 4 is 17.1 Å². The second kappa shape index (κ2) is 3.54. The van der Waals surface area contributed by atoms with Crippen LogP contribution in [0, 0.1) is 0 Å². The zero-order chi connectivity index (χ0) is 9.97. The molecule has 72 valence electrons. The maximum absolute atomic E-state index is 5.10. The van der Waals surface area contributed by atoms with E-state index in [1.807, 2.05) is 31.2 Å². The molecule has 14 heavy (non-hydrogen) atoms. The lowest BCUT2D eigenvalue weighted by molar-refractivity contribution is 0.413. The molecule has 2 rings (SSSR count). The van der Waals surface area contributed by atoms with E-state index in [2.05, 4.69) is 9.97 Å². The summed E-state index contributed by atoms with van der Waals surface area (Å²) in [5.41, 5.74) is 1.95. The van der Waals surface area contributed by atoms with E-state index >= 15 is 0 Å². The molecule has 0 unspecified atom stereocenters. The molecule has 0 aliphatic rings. The third-order valence-corrected chi connectivity index (χ3v) is 2.05. The minimum Gasteiger partial charge on any atom is -0.495 e. The molecule has 2 aromatic heterocycles. The molecule has 1 N–H and O–H groups in total. The highest BCUT2D eigenvalue weighted by Gasteiger charge is 2.00. The van der Waals surface area contributed by atoms with Crippen LogP contribution in [0.3, 0.4) is 0 Å². The largest absolute Gasteiger partial charge is 0.495 e. The summed E-state index contributed by atoms with van der Waals surface area (Å²) >= 11 is 0. The SMILES string of the molecule is C/C=C/c1cc2cc(OC)cnc2[nH]1. The van der Waals surface area contributed by atoms with Gasteiger partial charge in [-0.1, -0.05) is 6.08 Å². The molecule has 0 aliphatic heterocycles. The average molecular weight is 188 g/mol. The Kier molecular flexibility index (Phi) is 2.23. The Balaban J connectivity index is 2.54. The molecule has 0 radical (unpaired) electrons. The first-order chi connectivity index (χ1) is 6.83. The number of ether oxygens (including phenoxy) is 1. The average Bonchev–Trinajstić information content (AvgIpc) is 2.59. The van der Waals surface area contributed by atoms with Gasteiger partial charge in [0.1, 0.15) is 11.4 Å². The van der Waals surface area contributed by atoms with Crippen LogP contribution in [0.2, 0.25) is 0 Å². The Bertz CT molecular complexity index is 471. The third-order valence-electron chi connectivity index (χ3n) is 2.05. The Hall–Kier alpha value is -1.77. The number of nitrogens with one attached hydrogen (secondary N) is 1. The number of aromatic amines is 1. The van der Waals surface area contributed by atoms with Crippen LogP contribution in [0.1, 0.15) is 12.6 Å². The Labute approximate surface area is 82.4 Å². The fourth-order valence-electron chi connectivity index (χ4n) is 1.40. The number of pyridine rings is 1. The van der Waals surface area contributed by atoms with Gasteiger partial charge in [-0.3, -0.25) is 0 Å². The van der Waals surface area contributed by atoms with E-state index in [1.165, 1.54) is 0 Å². The number of hydrogen-bond donors (Lipinski definition) is 1. The number of methoxy groups -OCH3 is 1. The summed E-state index contributed by atoms with van der Waals surface area (Å²) in [6.07, 6.45) is 5.70. The quantitative estimate of drug-likeness (QED) is 0.786. The van der Waals surface area contributed by atoms with Crippen LogP contribution >= 0.6 is 0 Å². The first kappa shape index (κ1) is 8.81. The second-order valence-corrected chi connectivity index (χ2v) is 3.04. The number of allylic oxidation sites excluding steroid dienone is 1. The minimum absolute atomic E-state index is 0.781. The van der Waals surface area contributed by atoms with Gasteiger partial charge in [0.15, 0.2) is 0 Å². The monoisotopic (exact) mass is 188 g/mol. The standard InChI is InChI=1S/C11H12N2O/c1-3-4-9-5-8-6-10(14-2)7-12-11(8)13-9/h3-7H,1-2H3,(H,12,13)/b4-3+. The predicted octanol–water partition coefficient (Wildman–Crippen LogP) is 2.60. The fourth-order valence-corrected chi connectivity index (χ4v) is 1.40. The topological polar surface area (TPSA) is 37.9 Å². The molecule has 0 atom stereocenters. The van der Waals surface area contributed by atoms with E-state index < -0.39 is 0 Å². The Morgan fingerprint density at radius 3 is 3.00 bits per heavy atom. The molecule has 0 saturated heterocycles. The molecule has 0 saturated carbocycles. The zero-order valence-electron chi connectivity index (χ0n) is 8.24. The van der Waals surface area contributed by atoms with Crippen LogP contribution in [-0.2, 0) is 0 Å². The van der Waals surface area contributed by atoms with E-state index in [9.17, 15) is 0 Å². The maximum Gasteiger partial charge on any atom is 0.137 e. The molecule has 0 amide bonds. The van der Waals surface area contributed by atoms with Crippen molar-refractivity contribution in [1.82, 2.24) is 9.97 Å². The van der Waals surface area contributed by atoms with Gasteiger partial charge < -0.3 is 9.72 Å². The van der Waals surface area contributed by atoms with Gasteiger partial charge in [-0.2, -0.15) is 0 Å². The molecule has 0 bridgehead atoms. The van der Waals surface area contributed by atoms with Gasteiger partial charge >= 0.3 is 0 Å². The van der Waals surface area contributed by atoms with Crippen LogP contribution in [0.25, 0.3) is 17.1 Å². The van der Waals surface area contributed by atoms with E-state index in [1.54, 1.807) is 13.3 Å². The highest BCUT2D eigenvalue weighted by Crippen LogP contribution is 2.19. The maximum atomic E-state index is 5.10. The number of hydrogen-bond acceptors (Lipinski definition) is 2. The van der Waals surface area contributed by atoms with Gasteiger partial charge in [0.2, 0.25) is 0 Å². The lowest BCUT2D eigenvalue weighted by atomic mass is 10.3. The van der Waals surface area contributed by atoms with Gasteiger partial charge in [-0.15, -0.1) is 0 Å². The number of aromatic nitrogens is 2. The molecule has 2 heterocycles. The van der Waals surface area contributed by atoms with Crippen molar-refractivity contribution in [2.75, 3.05) is 7.11 Å². The number of nitrogens with zero attached hydrogens (tertiary/aromatic N) is 1. The summed E-state index contributed by atoms with van der Waals surface area (Å²) in [7, 11) is 1.64.